The highest BCUT2D eigenvalue weighted by Crippen LogP contribution is 2.25. The van der Waals surface area contributed by atoms with Gasteiger partial charge in [0, 0.05) is 12.1 Å². The fourth-order valence-electron chi connectivity index (χ4n) is 2.45. The third-order valence-electron chi connectivity index (χ3n) is 3.73. The molecular formula is C18H12ClN3O4S. The Bertz CT molecular complexity index is 1170. The van der Waals surface area contributed by atoms with Gasteiger partial charge in [0.1, 0.15) is 5.75 Å². The van der Waals surface area contributed by atoms with Gasteiger partial charge in [-0.1, -0.05) is 28.9 Å². The Morgan fingerprint density at radius 3 is 2.85 bits per heavy atom. The number of non-ortho nitro benzene ring substituents is 1. The van der Waals surface area contributed by atoms with E-state index in [1.54, 1.807) is 17.7 Å². The number of carbonyl (C=O) groups excluding carboxylic acids is 1. The number of thiazole rings is 1. The van der Waals surface area contributed by atoms with Gasteiger partial charge in [0.2, 0.25) is 0 Å². The molecule has 9 heteroatoms. The van der Waals surface area contributed by atoms with E-state index < -0.39 is 10.8 Å². The van der Waals surface area contributed by atoms with Crippen molar-refractivity contribution in [3.63, 3.8) is 0 Å². The third-order valence-corrected chi connectivity index (χ3v) is 5.10. The van der Waals surface area contributed by atoms with Gasteiger partial charge in [-0.25, -0.2) is 0 Å². The van der Waals surface area contributed by atoms with Crippen LogP contribution in [0.4, 0.5) is 5.69 Å². The maximum atomic E-state index is 12.6. The number of hydrogen-bond acceptors (Lipinski definition) is 5. The van der Waals surface area contributed by atoms with Gasteiger partial charge in [0.05, 0.1) is 39.4 Å². The highest BCUT2D eigenvalue weighted by Gasteiger charge is 2.16. The zero-order valence-corrected chi connectivity index (χ0v) is 15.6. The van der Waals surface area contributed by atoms with Crippen LogP contribution in [0.3, 0.4) is 0 Å². The second kappa shape index (κ2) is 7.61. The molecule has 0 spiro atoms. The molecule has 3 aromatic rings. The van der Waals surface area contributed by atoms with Crippen molar-refractivity contribution < 1.29 is 14.5 Å². The van der Waals surface area contributed by atoms with E-state index in [9.17, 15) is 14.9 Å². The summed E-state index contributed by atoms with van der Waals surface area (Å²) in [6, 6.07) is 9.06. The first-order chi connectivity index (χ1) is 12.9. The highest BCUT2D eigenvalue weighted by molar-refractivity contribution is 7.16. The van der Waals surface area contributed by atoms with E-state index in [1.807, 2.05) is 12.1 Å². The zero-order chi connectivity index (χ0) is 19.6. The normalized spacial score (nSPS) is 11.4. The molecule has 0 bridgehead atoms. The number of ether oxygens (including phenoxy) is 1. The summed E-state index contributed by atoms with van der Waals surface area (Å²) in [5.74, 6) is 2.51. The lowest BCUT2D eigenvalue weighted by Gasteiger charge is -2.02. The fraction of sp³-hybridized carbons (Fsp3) is 0.111. The molecule has 3 rings (SSSR count). The molecule has 7 nitrogen and oxygen atoms in total. The van der Waals surface area contributed by atoms with Crippen LogP contribution >= 0.6 is 22.9 Å². The molecule has 0 unspecified atom stereocenters. The Kier molecular flexibility index (Phi) is 5.26. The summed E-state index contributed by atoms with van der Waals surface area (Å²) in [4.78, 5) is 27.4. The van der Waals surface area contributed by atoms with Gasteiger partial charge in [0.25, 0.3) is 11.6 Å². The van der Waals surface area contributed by atoms with Crippen molar-refractivity contribution in [2.45, 2.75) is 6.54 Å². The molecular weight excluding hydrogens is 390 g/mol. The van der Waals surface area contributed by atoms with Crippen molar-refractivity contribution in [2.24, 2.45) is 4.99 Å². The molecule has 0 saturated heterocycles. The van der Waals surface area contributed by atoms with Crippen LogP contribution in [0.15, 0.2) is 41.4 Å². The van der Waals surface area contributed by atoms with Crippen LogP contribution in [0.5, 0.6) is 5.75 Å². The minimum Gasteiger partial charge on any atom is -0.497 e. The van der Waals surface area contributed by atoms with Crippen molar-refractivity contribution in [2.75, 3.05) is 7.11 Å². The fourth-order valence-corrected chi connectivity index (χ4v) is 3.70. The minimum atomic E-state index is -0.687. The van der Waals surface area contributed by atoms with Crippen LogP contribution in [0.2, 0.25) is 5.02 Å². The molecule has 0 saturated carbocycles. The number of aromatic nitrogens is 1. The molecule has 0 aliphatic heterocycles. The smallest absolute Gasteiger partial charge is 0.281 e. The number of benzene rings is 2. The molecule has 0 N–H and O–H groups in total. The van der Waals surface area contributed by atoms with Crippen LogP contribution in [-0.2, 0) is 6.54 Å². The maximum Gasteiger partial charge on any atom is 0.281 e. The summed E-state index contributed by atoms with van der Waals surface area (Å²) in [5, 5.41) is 11.0. The SMILES string of the molecule is C#CCn1c(=NC(=O)c2cc([N+](=O)[O-])ccc2Cl)sc2cc(OC)ccc21. The maximum absolute atomic E-state index is 12.6. The van der Waals surface area contributed by atoms with Gasteiger partial charge in [-0.3, -0.25) is 14.9 Å². The number of amides is 1. The standard InChI is InChI=1S/C18H12ClN3O4S/c1-3-8-21-15-7-5-12(26-2)10-16(15)27-18(21)20-17(23)13-9-11(22(24)25)4-6-14(13)19/h1,4-7,9-10H,8H2,2H3. The summed E-state index contributed by atoms with van der Waals surface area (Å²) >= 11 is 7.28. The molecule has 0 fully saturated rings. The van der Waals surface area contributed by atoms with Crippen molar-refractivity contribution in [1.82, 2.24) is 4.57 Å². The van der Waals surface area contributed by atoms with Crippen LogP contribution in [0.25, 0.3) is 10.2 Å². The number of methoxy groups -OCH3 is 1. The van der Waals surface area contributed by atoms with E-state index >= 15 is 0 Å². The highest BCUT2D eigenvalue weighted by atomic mass is 35.5. The van der Waals surface area contributed by atoms with Crippen LogP contribution < -0.4 is 9.54 Å². The number of nitrogens with zero attached hydrogens (tertiary/aromatic N) is 3. The van der Waals surface area contributed by atoms with E-state index in [0.29, 0.717) is 10.6 Å². The second-order valence-electron chi connectivity index (χ2n) is 5.35. The molecule has 0 aliphatic rings. The number of halogens is 1. The first-order valence-electron chi connectivity index (χ1n) is 7.58. The lowest BCUT2D eigenvalue weighted by Crippen LogP contribution is -2.16. The lowest BCUT2D eigenvalue weighted by atomic mass is 10.2. The summed E-state index contributed by atoms with van der Waals surface area (Å²) < 4.78 is 7.76. The van der Waals surface area contributed by atoms with E-state index in [4.69, 9.17) is 22.8 Å². The van der Waals surface area contributed by atoms with Crippen LogP contribution in [0.1, 0.15) is 10.4 Å². The second-order valence-corrected chi connectivity index (χ2v) is 6.76. The summed E-state index contributed by atoms with van der Waals surface area (Å²) in [5.41, 5.74) is 0.513. The largest absolute Gasteiger partial charge is 0.497 e. The number of rotatable bonds is 4. The summed E-state index contributed by atoms with van der Waals surface area (Å²) in [6.45, 7) is 0.209. The average Bonchev–Trinajstić information content (AvgIpc) is 2.98. The van der Waals surface area contributed by atoms with Crippen molar-refractivity contribution in [3.8, 4) is 18.1 Å². The first kappa shape index (κ1) is 18.6. The number of nitro benzene ring substituents is 1. The van der Waals surface area contributed by atoms with E-state index in [2.05, 4.69) is 10.9 Å². The predicted octanol–water partition coefficient (Wildman–Crippen LogP) is 3.65. The van der Waals surface area contributed by atoms with Crippen molar-refractivity contribution in [1.29, 1.82) is 0 Å². The summed E-state index contributed by atoms with van der Waals surface area (Å²) in [6.07, 6.45) is 5.44. The molecule has 136 valence electrons. The topological polar surface area (TPSA) is 86.7 Å². The van der Waals surface area contributed by atoms with Crippen molar-refractivity contribution in [3.05, 3.63) is 61.9 Å². The van der Waals surface area contributed by atoms with Crippen LogP contribution in [-0.4, -0.2) is 22.5 Å². The molecule has 2 aromatic carbocycles. The number of terminal acetylenes is 1. The molecule has 0 atom stereocenters. The number of carbonyl (C=O) groups is 1. The molecule has 1 aromatic heterocycles. The molecule has 1 amide bonds. The van der Waals surface area contributed by atoms with E-state index in [0.717, 1.165) is 16.3 Å². The monoisotopic (exact) mass is 401 g/mol. The van der Waals surface area contributed by atoms with Gasteiger partial charge in [0.15, 0.2) is 4.80 Å². The Morgan fingerprint density at radius 1 is 1.41 bits per heavy atom. The third kappa shape index (κ3) is 3.69. The minimum absolute atomic E-state index is 0.0480. The Morgan fingerprint density at radius 2 is 2.19 bits per heavy atom. The van der Waals surface area contributed by atoms with Gasteiger partial charge < -0.3 is 9.30 Å². The predicted molar refractivity (Wildman–Crippen MR) is 103 cm³/mol. The summed E-state index contributed by atoms with van der Waals surface area (Å²) in [7, 11) is 1.56. The van der Waals surface area contributed by atoms with E-state index in [1.165, 1.54) is 23.5 Å². The van der Waals surface area contributed by atoms with Gasteiger partial charge in [-0.05, 0) is 24.3 Å². The Labute approximate surface area is 162 Å². The first-order valence-corrected chi connectivity index (χ1v) is 8.78. The zero-order valence-electron chi connectivity index (χ0n) is 14.0. The van der Waals surface area contributed by atoms with Gasteiger partial charge >= 0.3 is 0 Å². The van der Waals surface area contributed by atoms with Gasteiger partial charge in [-0.15, -0.1) is 6.42 Å². The Hall–Kier alpha value is -3.15. The Balaban J connectivity index is 2.16. The molecule has 0 radical (unpaired) electrons. The number of hydrogen-bond donors (Lipinski definition) is 0. The van der Waals surface area contributed by atoms with Gasteiger partial charge in [-0.2, -0.15) is 4.99 Å². The number of nitro groups is 1. The lowest BCUT2D eigenvalue weighted by molar-refractivity contribution is -0.384. The number of fused-ring (bicyclic) bond motifs is 1. The van der Waals surface area contributed by atoms with E-state index in [-0.39, 0.29) is 22.8 Å². The molecule has 1 heterocycles. The van der Waals surface area contributed by atoms with Crippen LogP contribution in [0, 0.1) is 22.5 Å². The molecule has 27 heavy (non-hydrogen) atoms. The average molecular weight is 402 g/mol. The van der Waals surface area contributed by atoms with Crippen molar-refractivity contribution >= 4 is 44.7 Å². The molecule has 0 aliphatic carbocycles. The quantitative estimate of drug-likeness (QED) is 0.379.